The van der Waals surface area contributed by atoms with Crippen molar-refractivity contribution in [2.75, 3.05) is 6.61 Å². The molecule has 4 atom stereocenters. The molecule has 4 heterocycles. The van der Waals surface area contributed by atoms with E-state index in [1.165, 1.54) is 13.8 Å². The largest absolute Gasteiger partial charge is 0.504 e. The smallest absolute Gasteiger partial charge is 0.340 e. The van der Waals surface area contributed by atoms with Gasteiger partial charge in [-0.1, -0.05) is 13.8 Å². The molecule has 6 bridgehead atoms. The van der Waals surface area contributed by atoms with Gasteiger partial charge in [-0.15, -0.1) is 0 Å². The van der Waals surface area contributed by atoms with Crippen LogP contribution in [0.15, 0.2) is 6.07 Å². The number of ether oxygens (including phenoxy) is 3. The molecule has 0 saturated carbocycles. The van der Waals surface area contributed by atoms with E-state index >= 15 is 0 Å². The minimum Gasteiger partial charge on any atom is -0.504 e. The summed E-state index contributed by atoms with van der Waals surface area (Å²) in [5.41, 5.74) is -9.36. The van der Waals surface area contributed by atoms with Gasteiger partial charge in [-0.3, -0.25) is 0 Å². The number of hydrogen-bond acceptors (Lipinski definition) is 17. The van der Waals surface area contributed by atoms with E-state index in [9.17, 15) is 70.6 Å². The Balaban J connectivity index is 1.96. The summed E-state index contributed by atoms with van der Waals surface area (Å²) in [4.78, 5) is 41.4. The van der Waals surface area contributed by atoms with Gasteiger partial charge in [0.15, 0.2) is 52.8 Å². The zero-order chi connectivity index (χ0) is 33.9. The Hall–Kier alpha value is -5.81. The van der Waals surface area contributed by atoms with Crippen molar-refractivity contribution in [1.82, 2.24) is 0 Å². The molecule has 0 aromatic heterocycles. The number of aliphatic hydroxyl groups is 2. The van der Waals surface area contributed by atoms with Gasteiger partial charge in [-0.25, -0.2) is 14.4 Å². The van der Waals surface area contributed by atoms with Gasteiger partial charge in [0.2, 0.25) is 17.2 Å². The van der Waals surface area contributed by atoms with Crippen LogP contribution < -0.4 is 0 Å². The summed E-state index contributed by atoms with van der Waals surface area (Å²) in [6, 6.07) is 0.503. The van der Waals surface area contributed by atoms with Crippen LogP contribution >= 0.6 is 0 Å². The lowest BCUT2D eigenvalue weighted by Crippen LogP contribution is -2.58. The van der Waals surface area contributed by atoms with Gasteiger partial charge in [-0.2, -0.15) is 0 Å². The molecule has 0 unspecified atom stereocenters. The number of phenolic OH excluding ortho intramolecular Hbond substituents is 9. The summed E-state index contributed by atoms with van der Waals surface area (Å²) in [6.45, 7) is 1.42. The number of aliphatic hydroxyl groups excluding tert-OH is 2. The van der Waals surface area contributed by atoms with Crippen LogP contribution in [-0.4, -0.2) is 105 Å². The summed E-state index contributed by atoms with van der Waals surface area (Å²) < 4.78 is 16.4. The van der Waals surface area contributed by atoms with E-state index in [-0.39, 0.29) is 0 Å². The third-order valence-corrected chi connectivity index (χ3v) is 8.51. The van der Waals surface area contributed by atoms with Crippen molar-refractivity contribution in [1.29, 1.82) is 0 Å². The minimum absolute atomic E-state index is 0.480. The van der Waals surface area contributed by atoms with Crippen molar-refractivity contribution in [2.45, 2.75) is 43.7 Å². The van der Waals surface area contributed by atoms with Crippen LogP contribution in [0.3, 0.4) is 0 Å². The fraction of sp³-hybridized carbons (Fsp3) is 0.276. The van der Waals surface area contributed by atoms with Crippen molar-refractivity contribution >= 4 is 17.9 Å². The summed E-state index contributed by atoms with van der Waals surface area (Å²) in [5, 5.41) is 119. The Labute approximate surface area is 255 Å². The first-order chi connectivity index (χ1) is 21.5. The van der Waals surface area contributed by atoms with Gasteiger partial charge >= 0.3 is 17.9 Å². The topological polar surface area (TPSA) is 301 Å². The molecule has 0 fully saturated rings. The molecule has 0 amide bonds. The van der Waals surface area contributed by atoms with Crippen molar-refractivity contribution in [3.8, 4) is 74.0 Å². The molecule has 0 spiro atoms. The molecule has 46 heavy (non-hydrogen) atoms. The Kier molecular flexibility index (Phi) is 6.30. The quantitative estimate of drug-likeness (QED) is 0.0982. The molecule has 0 radical (unpaired) electrons. The third kappa shape index (κ3) is 3.66. The van der Waals surface area contributed by atoms with Crippen LogP contribution in [0.2, 0.25) is 0 Å². The standard InChI is InChI=1S/C29H24O17/c1-29(2)14-13-11(20(37)23(40)21(14)38)10-12-9(18(35)22(39)19(10)36)8-5(3-6(31)15(32)17(8)34)26(41)44-7(4-30)16(33)24(45-27(12)42)25(29)46-28(13)43/h3,7,16,24-25,30-40H,4H2,1-2H3/t7-,16-,24+,25-/m1/s1. The summed E-state index contributed by atoms with van der Waals surface area (Å²) >= 11 is 0. The molecule has 17 heteroatoms. The number of hydrogen-bond donors (Lipinski definition) is 11. The van der Waals surface area contributed by atoms with Crippen molar-refractivity contribution < 1.29 is 84.8 Å². The van der Waals surface area contributed by atoms with E-state index in [0.29, 0.717) is 6.07 Å². The monoisotopic (exact) mass is 644 g/mol. The molecule has 0 saturated heterocycles. The average molecular weight is 644 g/mol. The molecule has 3 aromatic carbocycles. The van der Waals surface area contributed by atoms with Crippen LogP contribution in [0.25, 0.3) is 22.3 Å². The predicted molar refractivity (Wildman–Crippen MR) is 146 cm³/mol. The van der Waals surface area contributed by atoms with E-state index in [2.05, 4.69) is 0 Å². The first kappa shape index (κ1) is 30.2. The number of aromatic hydroxyl groups is 9. The zero-order valence-electron chi connectivity index (χ0n) is 23.5. The normalized spacial score (nSPS) is 22.7. The fourth-order valence-electron chi connectivity index (χ4n) is 6.31. The third-order valence-electron chi connectivity index (χ3n) is 8.51. The number of benzene rings is 3. The number of phenols is 9. The van der Waals surface area contributed by atoms with Crippen LogP contribution in [0.1, 0.15) is 50.5 Å². The summed E-state index contributed by atoms with van der Waals surface area (Å²) in [6.07, 6.45) is -8.24. The number of rotatable bonds is 1. The van der Waals surface area contributed by atoms with E-state index < -0.39 is 151 Å². The maximum Gasteiger partial charge on any atom is 0.340 e. The van der Waals surface area contributed by atoms with Gasteiger partial charge in [0.25, 0.3) is 0 Å². The molecule has 3 aromatic rings. The highest BCUT2D eigenvalue weighted by Gasteiger charge is 2.56. The summed E-state index contributed by atoms with van der Waals surface area (Å²) in [7, 11) is 0. The number of fused-ring (bicyclic) bond motifs is 3. The SMILES string of the molecule is CC1(C)c2c(O)c(O)c(O)c3c2C(=O)O[C@@H]1[C@H]1OC(=O)c2c(c(O)c(O)c(O)c2-3)-c2c(cc(O)c(O)c2O)C(=O)O[C@H](CO)[C@H]1O. The first-order valence-electron chi connectivity index (χ1n) is 13.3. The number of esters is 3. The highest BCUT2D eigenvalue weighted by atomic mass is 16.6. The van der Waals surface area contributed by atoms with E-state index in [0.717, 1.165) is 0 Å². The van der Waals surface area contributed by atoms with Gasteiger partial charge in [0, 0.05) is 33.2 Å². The number of carbonyl (C=O) groups is 3. The summed E-state index contributed by atoms with van der Waals surface area (Å²) in [5.74, 6) is -16.7. The molecule has 0 aliphatic carbocycles. The lowest BCUT2D eigenvalue weighted by Gasteiger charge is -2.45. The van der Waals surface area contributed by atoms with E-state index in [4.69, 9.17) is 14.2 Å². The highest BCUT2D eigenvalue weighted by Crippen LogP contribution is 2.62. The van der Waals surface area contributed by atoms with Crippen LogP contribution in [0.4, 0.5) is 0 Å². The fourth-order valence-corrected chi connectivity index (χ4v) is 6.31. The molecular formula is C29H24O17. The predicted octanol–water partition coefficient (Wildman–Crippen LogP) is 0.619. The Morgan fingerprint density at radius 1 is 0.609 bits per heavy atom. The second kappa shape index (κ2) is 9.59. The first-order valence-corrected chi connectivity index (χ1v) is 13.3. The molecular weight excluding hydrogens is 620 g/mol. The van der Waals surface area contributed by atoms with Crippen LogP contribution in [0, 0.1) is 0 Å². The molecule has 242 valence electrons. The van der Waals surface area contributed by atoms with Crippen molar-refractivity contribution in [3.05, 3.63) is 28.3 Å². The molecule has 4 aliphatic heterocycles. The highest BCUT2D eigenvalue weighted by molar-refractivity contribution is 6.16. The second-order valence-corrected chi connectivity index (χ2v) is 11.4. The Morgan fingerprint density at radius 2 is 1.11 bits per heavy atom. The molecule has 7 rings (SSSR count). The van der Waals surface area contributed by atoms with E-state index in [1.807, 2.05) is 0 Å². The van der Waals surface area contributed by atoms with Gasteiger partial charge in [0.1, 0.15) is 6.10 Å². The Bertz CT molecular complexity index is 1930. The van der Waals surface area contributed by atoms with Crippen LogP contribution in [0.5, 0.6) is 51.7 Å². The average Bonchev–Trinajstić information content (AvgIpc) is 3.01. The molecule has 4 aliphatic rings. The lowest BCUT2D eigenvalue weighted by molar-refractivity contribution is -0.141. The Morgan fingerprint density at radius 3 is 1.70 bits per heavy atom. The van der Waals surface area contributed by atoms with Gasteiger partial charge in [0.05, 0.1) is 23.3 Å². The minimum atomic E-state index is -2.27. The van der Waals surface area contributed by atoms with Gasteiger partial charge in [-0.05, 0) is 6.07 Å². The maximum absolute atomic E-state index is 14.2. The molecule has 11 N–H and O–H groups in total. The van der Waals surface area contributed by atoms with Crippen molar-refractivity contribution in [2.24, 2.45) is 0 Å². The van der Waals surface area contributed by atoms with Crippen molar-refractivity contribution in [3.63, 3.8) is 0 Å². The van der Waals surface area contributed by atoms with Crippen LogP contribution in [-0.2, 0) is 19.6 Å². The second-order valence-electron chi connectivity index (χ2n) is 11.4. The number of carbonyl (C=O) groups excluding carboxylic acids is 3. The molecule has 17 nitrogen and oxygen atoms in total. The van der Waals surface area contributed by atoms with Gasteiger partial charge < -0.3 is 70.4 Å². The zero-order valence-corrected chi connectivity index (χ0v) is 23.5. The lowest BCUT2D eigenvalue weighted by atomic mass is 9.69. The number of cyclic esters (lactones) is 1. The maximum atomic E-state index is 14.2. The van der Waals surface area contributed by atoms with E-state index in [1.54, 1.807) is 0 Å².